The molecule has 1 aliphatic carbocycles. The molecule has 10 nitrogen and oxygen atoms in total. The second kappa shape index (κ2) is 14.0. The third kappa shape index (κ3) is 8.48. The highest BCUT2D eigenvalue weighted by Crippen LogP contribution is 2.35. The van der Waals surface area contributed by atoms with Crippen LogP contribution in [0.1, 0.15) is 25.3 Å². The van der Waals surface area contributed by atoms with Gasteiger partial charge in [-0.05, 0) is 37.3 Å². The van der Waals surface area contributed by atoms with Crippen LogP contribution < -0.4 is 15.4 Å². The third-order valence-electron chi connectivity index (χ3n) is 7.22. The number of aromatic nitrogens is 2. The Bertz CT molecular complexity index is 1350. The van der Waals surface area contributed by atoms with Crippen LogP contribution >= 0.6 is 0 Å². The van der Waals surface area contributed by atoms with Gasteiger partial charge in [0.1, 0.15) is 17.9 Å². The van der Waals surface area contributed by atoms with Crippen LogP contribution in [-0.2, 0) is 20.9 Å². The summed E-state index contributed by atoms with van der Waals surface area (Å²) in [5, 5.41) is 7.22. The molecule has 2 aliphatic rings. The van der Waals surface area contributed by atoms with Gasteiger partial charge in [-0.3, -0.25) is 19.4 Å². The van der Waals surface area contributed by atoms with Gasteiger partial charge < -0.3 is 20.1 Å². The quantitative estimate of drug-likeness (QED) is 0.240. The molecule has 1 aromatic heterocycles. The van der Waals surface area contributed by atoms with Gasteiger partial charge in [0.25, 0.3) is 0 Å². The zero-order chi connectivity index (χ0) is 28.4. The summed E-state index contributed by atoms with van der Waals surface area (Å²) in [5.74, 6) is 1.47. The number of ether oxygens (including phenoxy) is 2. The Balaban J connectivity index is 1.22. The Labute approximate surface area is 240 Å². The van der Waals surface area contributed by atoms with Gasteiger partial charge >= 0.3 is 5.97 Å². The number of piperazine rings is 1. The Morgan fingerprint density at radius 1 is 1.05 bits per heavy atom. The number of hydrogen-bond acceptors (Lipinski definition) is 9. The van der Waals surface area contributed by atoms with Crippen molar-refractivity contribution >= 4 is 34.3 Å². The standard InChI is InChI=1S/C31H38N6O4/c1-2-40-30(39)20-37-15-13-36(14-16-37)12-6-9-29(38)35-27-17-25-26(18-28(27)41-21-24-10-11-24)33-22-34-31(25)32-19-23-7-4-3-5-8-23/h3-9,17-18,22,24H,2,10-16,19-21H2,1H3,(H,35,38)(H,32,33,34). The fourth-order valence-electron chi connectivity index (χ4n) is 4.72. The molecule has 1 amide bonds. The molecule has 0 spiro atoms. The van der Waals surface area contributed by atoms with E-state index >= 15 is 0 Å². The Kier molecular flexibility index (Phi) is 9.77. The summed E-state index contributed by atoms with van der Waals surface area (Å²) in [6, 6.07) is 13.9. The van der Waals surface area contributed by atoms with Gasteiger partial charge in [0.2, 0.25) is 5.91 Å². The number of fused-ring (bicyclic) bond motifs is 1. The van der Waals surface area contributed by atoms with Crippen LogP contribution in [0, 0.1) is 5.92 Å². The lowest BCUT2D eigenvalue weighted by atomic mass is 10.1. The van der Waals surface area contributed by atoms with E-state index in [4.69, 9.17) is 9.47 Å². The summed E-state index contributed by atoms with van der Waals surface area (Å²) in [6.07, 6.45) is 7.32. The van der Waals surface area contributed by atoms with Crippen LogP contribution in [0.4, 0.5) is 11.5 Å². The molecule has 216 valence electrons. The van der Waals surface area contributed by atoms with E-state index in [1.807, 2.05) is 43.3 Å². The number of nitrogens with zero attached hydrogens (tertiary/aromatic N) is 4. The van der Waals surface area contributed by atoms with E-state index in [0.29, 0.717) is 56.0 Å². The minimum absolute atomic E-state index is 0.183. The largest absolute Gasteiger partial charge is 0.491 e. The van der Waals surface area contributed by atoms with Crippen molar-refractivity contribution < 1.29 is 19.1 Å². The number of benzene rings is 2. The van der Waals surface area contributed by atoms with Gasteiger partial charge in [0, 0.05) is 56.8 Å². The number of amides is 1. The zero-order valence-corrected chi connectivity index (χ0v) is 23.6. The van der Waals surface area contributed by atoms with E-state index in [-0.39, 0.29) is 11.9 Å². The van der Waals surface area contributed by atoms with E-state index in [9.17, 15) is 9.59 Å². The molecule has 0 radical (unpaired) electrons. The number of carbonyl (C=O) groups excluding carboxylic acids is 2. The maximum absolute atomic E-state index is 12.9. The van der Waals surface area contributed by atoms with Crippen LogP contribution in [0.5, 0.6) is 5.75 Å². The van der Waals surface area contributed by atoms with Gasteiger partial charge in [-0.1, -0.05) is 36.4 Å². The Morgan fingerprint density at radius 3 is 2.59 bits per heavy atom. The molecule has 2 heterocycles. The topological polar surface area (TPSA) is 109 Å². The number of rotatable bonds is 13. The highest BCUT2D eigenvalue weighted by atomic mass is 16.5. The average molecular weight is 559 g/mol. The van der Waals surface area contributed by atoms with Crippen molar-refractivity contribution in [3.8, 4) is 5.75 Å². The van der Waals surface area contributed by atoms with Crippen LogP contribution in [0.25, 0.3) is 10.9 Å². The molecule has 0 atom stereocenters. The second-order valence-electron chi connectivity index (χ2n) is 10.5. The first-order valence-electron chi connectivity index (χ1n) is 14.3. The molecule has 41 heavy (non-hydrogen) atoms. The van der Waals surface area contributed by atoms with Gasteiger partial charge in [0.05, 0.1) is 31.0 Å². The highest BCUT2D eigenvalue weighted by Gasteiger charge is 2.23. The van der Waals surface area contributed by atoms with Crippen molar-refractivity contribution in [3.63, 3.8) is 0 Å². The summed E-state index contributed by atoms with van der Waals surface area (Å²) in [6.45, 7) is 7.68. The molecular weight excluding hydrogens is 520 g/mol. The van der Waals surface area contributed by atoms with E-state index in [1.54, 1.807) is 6.08 Å². The second-order valence-corrected chi connectivity index (χ2v) is 10.5. The van der Waals surface area contributed by atoms with Crippen LogP contribution in [-0.4, -0.2) is 84.1 Å². The molecule has 0 bridgehead atoms. The monoisotopic (exact) mass is 558 g/mol. The van der Waals surface area contributed by atoms with Gasteiger partial charge in [-0.25, -0.2) is 9.97 Å². The van der Waals surface area contributed by atoms with Crippen molar-refractivity contribution in [2.24, 2.45) is 5.92 Å². The smallest absolute Gasteiger partial charge is 0.320 e. The summed E-state index contributed by atoms with van der Waals surface area (Å²) in [4.78, 5) is 37.9. The maximum Gasteiger partial charge on any atom is 0.320 e. The normalized spacial score (nSPS) is 16.1. The molecule has 10 heteroatoms. The van der Waals surface area contributed by atoms with Crippen molar-refractivity contribution in [2.75, 3.05) is 63.1 Å². The molecule has 2 aromatic carbocycles. The fourth-order valence-corrected chi connectivity index (χ4v) is 4.72. The van der Waals surface area contributed by atoms with E-state index in [1.165, 1.54) is 19.2 Å². The number of esters is 1. The van der Waals surface area contributed by atoms with E-state index in [0.717, 1.165) is 42.6 Å². The number of anilines is 2. The number of hydrogen-bond donors (Lipinski definition) is 2. The summed E-state index contributed by atoms with van der Waals surface area (Å²) in [5.41, 5.74) is 2.48. The molecular formula is C31H38N6O4. The molecule has 0 unspecified atom stereocenters. The Hall–Kier alpha value is -4.02. The van der Waals surface area contributed by atoms with Crippen molar-refractivity contribution in [3.05, 3.63) is 66.5 Å². The predicted octanol–water partition coefficient (Wildman–Crippen LogP) is 3.71. The highest BCUT2D eigenvalue weighted by molar-refractivity contribution is 6.03. The van der Waals surface area contributed by atoms with Crippen LogP contribution in [0.15, 0.2) is 60.9 Å². The molecule has 1 aliphatic heterocycles. The van der Waals surface area contributed by atoms with Gasteiger partial charge in [-0.2, -0.15) is 0 Å². The number of nitrogens with one attached hydrogen (secondary N) is 2. The van der Waals surface area contributed by atoms with Gasteiger partial charge in [-0.15, -0.1) is 0 Å². The zero-order valence-electron chi connectivity index (χ0n) is 23.6. The van der Waals surface area contributed by atoms with Crippen molar-refractivity contribution in [1.29, 1.82) is 0 Å². The fraction of sp³-hybridized carbons (Fsp3) is 0.419. The molecule has 2 N–H and O–H groups in total. The minimum atomic E-state index is -0.225. The maximum atomic E-state index is 12.9. The van der Waals surface area contributed by atoms with Crippen LogP contribution in [0.2, 0.25) is 0 Å². The first-order chi connectivity index (χ1) is 20.1. The van der Waals surface area contributed by atoms with E-state index < -0.39 is 0 Å². The lowest BCUT2D eigenvalue weighted by Gasteiger charge is -2.33. The SMILES string of the molecule is CCOC(=O)CN1CCN(CC=CC(=O)Nc2cc3c(NCc4ccccc4)ncnc3cc2OCC2CC2)CC1. The van der Waals surface area contributed by atoms with Gasteiger partial charge in [0.15, 0.2) is 0 Å². The molecule has 5 rings (SSSR count). The lowest BCUT2D eigenvalue weighted by molar-refractivity contribution is -0.144. The predicted molar refractivity (Wildman–Crippen MR) is 159 cm³/mol. The molecule has 1 saturated carbocycles. The molecule has 2 fully saturated rings. The average Bonchev–Trinajstić information content (AvgIpc) is 3.81. The van der Waals surface area contributed by atoms with Crippen molar-refractivity contribution in [2.45, 2.75) is 26.3 Å². The Morgan fingerprint density at radius 2 is 1.83 bits per heavy atom. The minimum Gasteiger partial charge on any atom is -0.491 e. The summed E-state index contributed by atoms with van der Waals surface area (Å²) < 4.78 is 11.2. The summed E-state index contributed by atoms with van der Waals surface area (Å²) >= 11 is 0. The first kappa shape index (κ1) is 28.5. The third-order valence-corrected chi connectivity index (χ3v) is 7.22. The van der Waals surface area contributed by atoms with E-state index in [2.05, 4.69) is 42.5 Å². The lowest BCUT2D eigenvalue weighted by Crippen LogP contribution is -2.48. The summed E-state index contributed by atoms with van der Waals surface area (Å²) in [7, 11) is 0. The molecule has 3 aromatic rings. The van der Waals surface area contributed by atoms with Crippen LogP contribution in [0.3, 0.4) is 0 Å². The first-order valence-corrected chi connectivity index (χ1v) is 14.3. The van der Waals surface area contributed by atoms with Crippen molar-refractivity contribution in [1.82, 2.24) is 19.8 Å². The molecule has 1 saturated heterocycles. The number of carbonyl (C=O) groups is 2.